The molecule has 2 rings (SSSR count). The molecular formula is C19H19N2O7-. The summed E-state index contributed by atoms with van der Waals surface area (Å²) in [5.74, 6) is -1.33. The summed E-state index contributed by atoms with van der Waals surface area (Å²) < 4.78 is 10.7. The maximum Gasteiger partial charge on any atom is 0.282 e. The van der Waals surface area contributed by atoms with Gasteiger partial charge in [-0.25, -0.2) is 0 Å². The molecule has 0 aliphatic carbocycles. The minimum Gasteiger partial charge on any atom is -0.550 e. The highest BCUT2D eigenvalue weighted by molar-refractivity contribution is 5.98. The molecule has 0 aliphatic rings. The lowest BCUT2D eigenvalue weighted by molar-refractivity contribution is -0.385. The Kier molecular flexibility index (Phi) is 6.91. The maximum atomic E-state index is 12.6. The number of para-hydroxylation sites is 1. The second-order valence-corrected chi connectivity index (χ2v) is 5.72. The average molecular weight is 387 g/mol. The van der Waals surface area contributed by atoms with E-state index in [1.165, 1.54) is 37.4 Å². The van der Waals surface area contributed by atoms with E-state index in [1.807, 2.05) is 0 Å². The minimum absolute atomic E-state index is 0.172. The van der Waals surface area contributed by atoms with Gasteiger partial charge in [0.2, 0.25) is 0 Å². The van der Waals surface area contributed by atoms with E-state index in [-0.39, 0.29) is 11.3 Å². The van der Waals surface area contributed by atoms with E-state index in [2.05, 4.69) is 5.32 Å². The van der Waals surface area contributed by atoms with E-state index in [0.29, 0.717) is 23.7 Å². The lowest BCUT2D eigenvalue weighted by Crippen LogP contribution is -2.34. The largest absolute Gasteiger partial charge is 0.550 e. The number of aliphatic carboxylic acids is 1. The molecule has 0 saturated heterocycles. The van der Waals surface area contributed by atoms with E-state index in [4.69, 9.17) is 9.47 Å². The highest BCUT2D eigenvalue weighted by Gasteiger charge is 2.23. The first-order chi connectivity index (χ1) is 13.4. The third kappa shape index (κ3) is 4.97. The molecule has 1 atom stereocenters. The number of nitro groups is 1. The molecular weight excluding hydrogens is 368 g/mol. The predicted octanol–water partition coefficient (Wildman–Crippen LogP) is 1.61. The zero-order valence-electron chi connectivity index (χ0n) is 15.3. The molecule has 9 nitrogen and oxygen atoms in total. The molecule has 1 amide bonds. The molecule has 9 heteroatoms. The number of hydrogen-bond acceptors (Lipinski definition) is 7. The standard InChI is InChI=1S/C19H20N2O7/c1-3-28-16-9-8-12(10-17(16)27-2)14(11-18(22)23)20-19(24)13-6-4-5-7-15(13)21(25)26/h4-10,14H,3,11H2,1-2H3,(H,20,24)(H,22,23)/p-1. The van der Waals surface area contributed by atoms with E-state index in [0.717, 1.165) is 0 Å². The molecule has 148 valence electrons. The van der Waals surface area contributed by atoms with Crippen molar-refractivity contribution in [3.8, 4) is 11.5 Å². The van der Waals surface area contributed by atoms with Crippen LogP contribution in [0, 0.1) is 10.1 Å². The molecule has 0 aromatic heterocycles. The lowest BCUT2D eigenvalue weighted by Gasteiger charge is -2.21. The average Bonchev–Trinajstić information content (AvgIpc) is 2.67. The summed E-state index contributed by atoms with van der Waals surface area (Å²) in [7, 11) is 1.43. The first kappa shape index (κ1) is 20.7. The smallest absolute Gasteiger partial charge is 0.282 e. The Labute approximate surface area is 161 Å². The predicted molar refractivity (Wildman–Crippen MR) is 97.1 cm³/mol. The first-order valence-electron chi connectivity index (χ1n) is 8.42. The van der Waals surface area contributed by atoms with Crippen molar-refractivity contribution in [2.75, 3.05) is 13.7 Å². The Morgan fingerprint density at radius 1 is 1.18 bits per heavy atom. The van der Waals surface area contributed by atoms with Crippen molar-refractivity contribution < 1.29 is 29.1 Å². The van der Waals surface area contributed by atoms with Crippen LogP contribution in [0.4, 0.5) is 5.69 Å². The van der Waals surface area contributed by atoms with Gasteiger partial charge >= 0.3 is 0 Å². The number of carboxylic acids is 1. The van der Waals surface area contributed by atoms with E-state index in [1.54, 1.807) is 19.1 Å². The molecule has 28 heavy (non-hydrogen) atoms. The minimum atomic E-state index is -1.39. The van der Waals surface area contributed by atoms with Gasteiger partial charge in [0.05, 0.1) is 24.7 Å². The number of methoxy groups -OCH3 is 1. The summed E-state index contributed by atoms with van der Waals surface area (Å²) in [6, 6.07) is 9.14. The fraction of sp³-hybridized carbons (Fsp3) is 0.263. The van der Waals surface area contributed by atoms with Crippen molar-refractivity contribution in [2.45, 2.75) is 19.4 Å². The number of nitrogens with one attached hydrogen (secondary N) is 1. The van der Waals surface area contributed by atoms with Gasteiger partial charge in [0, 0.05) is 18.5 Å². The van der Waals surface area contributed by atoms with Gasteiger partial charge in [-0.15, -0.1) is 0 Å². The second kappa shape index (κ2) is 9.36. The van der Waals surface area contributed by atoms with Crippen LogP contribution in [0.3, 0.4) is 0 Å². The number of ether oxygens (including phenoxy) is 2. The fourth-order valence-electron chi connectivity index (χ4n) is 2.66. The van der Waals surface area contributed by atoms with Crippen LogP contribution in [-0.2, 0) is 4.79 Å². The lowest BCUT2D eigenvalue weighted by atomic mass is 10.0. The SMILES string of the molecule is CCOc1ccc(C(CC(=O)[O-])NC(=O)c2ccccc2[N+](=O)[O-])cc1OC. The van der Waals surface area contributed by atoms with E-state index < -0.39 is 29.3 Å². The van der Waals surface area contributed by atoms with Crippen LogP contribution in [0.5, 0.6) is 11.5 Å². The summed E-state index contributed by atoms with van der Waals surface area (Å²) in [5.41, 5.74) is -0.123. The van der Waals surface area contributed by atoms with Crippen LogP contribution in [0.15, 0.2) is 42.5 Å². The Morgan fingerprint density at radius 2 is 1.89 bits per heavy atom. The number of carbonyl (C=O) groups excluding carboxylic acids is 2. The topological polar surface area (TPSA) is 131 Å². The van der Waals surface area contributed by atoms with Crippen molar-refractivity contribution in [3.63, 3.8) is 0 Å². The molecule has 2 aromatic carbocycles. The summed E-state index contributed by atoms with van der Waals surface area (Å²) in [5, 5.41) is 24.8. The third-order valence-corrected chi connectivity index (χ3v) is 3.91. The fourth-order valence-corrected chi connectivity index (χ4v) is 2.66. The summed E-state index contributed by atoms with van der Waals surface area (Å²) in [6.45, 7) is 2.21. The monoisotopic (exact) mass is 387 g/mol. The zero-order chi connectivity index (χ0) is 20.7. The molecule has 0 aliphatic heterocycles. The number of rotatable bonds is 9. The summed E-state index contributed by atoms with van der Waals surface area (Å²) >= 11 is 0. The Hall–Kier alpha value is -3.62. The number of nitro benzene ring substituents is 1. The molecule has 1 N–H and O–H groups in total. The van der Waals surface area contributed by atoms with Crippen molar-refractivity contribution in [3.05, 3.63) is 63.7 Å². The maximum absolute atomic E-state index is 12.6. The number of amides is 1. The first-order valence-corrected chi connectivity index (χ1v) is 8.42. The van der Waals surface area contributed by atoms with Gasteiger partial charge in [0.15, 0.2) is 11.5 Å². The molecule has 0 saturated carbocycles. The number of hydrogen-bond donors (Lipinski definition) is 1. The molecule has 2 aromatic rings. The molecule has 0 bridgehead atoms. The van der Waals surface area contributed by atoms with Crippen LogP contribution >= 0.6 is 0 Å². The second-order valence-electron chi connectivity index (χ2n) is 5.72. The molecule has 0 spiro atoms. The Morgan fingerprint density at radius 3 is 2.50 bits per heavy atom. The van der Waals surface area contributed by atoms with Crippen molar-refractivity contribution in [1.29, 1.82) is 0 Å². The number of benzene rings is 2. The molecule has 0 heterocycles. The number of carbonyl (C=O) groups is 2. The van der Waals surface area contributed by atoms with Gasteiger partial charge in [0.1, 0.15) is 5.56 Å². The van der Waals surface area contributed by atoms with E-state index in [9.17, 15) is 24.8 Å². The van der Waals surface area contributed by atoms with Crippen LogP contribution in [0.1, 0.15) is 35.3 Å². The van der Waals surface area contributed by atoms with Crippen LogP contribution in [-0.4, -0.2) is 30.5 Å². The Balaban J connectivity index is 2.36. The molecule has 0 fully saturated rings. The van der Waals surface area contributed by atoms with Gasteiger partial charge in [-0.1, -0.05) is 18.2 Å². The Bertz CT molecular complexity index is 882. The van der Waals surface area contributed by atoms with Crippen LogP contribution in [0.2, 0.25) is 0 Å². The third-order valence-electron chi connectivity index (χ3n) is 3.91. The van der Waals surface area contributed by atoms with Crippen LogP contribution in [0.25, 0.3) is 0 Å². The zero-order valence-corrected chi connectivity index (χ0v) is 15.3. The van der Waals surface area contributed by atoms with Gasteiger partial charge in [-0.05, 0) is 30.7 Å². The number of carboxylic acid groups (broad SMARTS) is 1. The van der Waals surface area contributed by atoms with Crippen molar-refractivity contribution in [1.82, 2.24) is 5.32 Å². The highest BCUT2D eigenvalue weighted by atomic mass is 16.6. The van der Waals surface area contributed by atoms with E-state index >= 15 is 0 Å². The van der Waals surface area contributed by atoms with Gasteiger partial charge in [0.25, 0.3) is 11.6 Å². The van der Waals surface area contributed by atoms with Crippen LogP contribution < -0.4 is 19.9 Å². The van der Waals surface area contributed by atoms with Gasteiger partial charge < -0.3 is 24.7 Å². The number of nitrogens with zero attached hydrogens (tertiary/aromatic N) is 1. The molecule has 1 unspecified atom stereocenters. The summed E-state index contributed by atoms with van der Waals surface area (Å²) in [6.07, 6.45) is -0.524. The van der Waals surface area contributed by atoms with Gasteiger partial charge in [-0.3, -0.25) is 14.9 Å². The van der Waals surface area contributed by atoms with Gasteiger partial charge in [-0.2, -0.15) is 0 Å². The highest BCUT2D eigenvalue weighted by Crippen LogP contribution is 2.31. The summed E-state index contributed by atoms with van der Waals surface area (Å²) in [4.78, 5) is 34.2. The van der Waals surface area contributed by atoms with Crippen molar-refractivity contribution >= 4 is 17.6 Å². The molecule has 0 radical (unpaired) electrons. The van der Waals surface area contributed by atoms with Crippen molar-refractivity contribution in [2.24, 2.45) is 0 Å². The normalized spacial score (nSPS) is 11.4. The quantitative estimate of drug-likeness (QED) is 0.511.